The first-order valence-corrected chi connectivity index (χ1v) is 7.30. The number of hydrogen-bond donors (Lipinski definition) is 2. The molecule has 0 heterocycles. The Morgan fingerprint density at radius 2 is 1.86 bits per heavy atom. The molecule has 3 N–H and O–H groups in total. The van der Waals surface area contributed by atoms with Crippen molar-refractivity contribution < 1.29 is 4.79 Å². The van der Waals surface area contributed by atoms with Crippen LogP contribution in [0.5, 0.6) is 0 Å². The van der Waals surface area contributed by atoms with Gasteiger partial charge >= 0.3 is 0 Å². The molecule has 2 rings (SSSR count). The van der Waals surface area contributed by atoms with Crippen molar-refractivity contribution in [3.05, 3.63) is 69.2 Å². The lowest BCUT2D eigenvalue weighted by Crippen LogP contribution is -2.18. The Morgan fingerprint density at radius 1 is 1.19 bits per heavy atom. The summed E-state index contributed by atoms with van der Waals surface area (Å²) < 4.78 is 0. The van der Waals surface area contributed by atoms with Gasteiger partial charge in [0.15, 0.2) is 0 Å². The molecule has 0 aromatic heterocycles. The maximum atomic E-state index is 11.1. The third kappa shape index (κ3) is 4.21. The van der Waals surface area contributed by atoms with Crippen molar-refractivity contribution in [2.24, 2.45) is 5.73 Å². The molecule has 0 aliphatic rings. The van der Waals surface area contributed by atoms with Gasteiger partial charge in [-0.25, -0.2) is 0 Å². The van der Waals surface area contributed by atoms with Crippen molar-refractivity contribution in [3.8, 4) is 0 Å². The van der Waals surface area contributed by atoms with Crippen LogP contribution in [0.4, 0.5) is 0 Å². The maximum absolute atomic E-state index is 11.1. The summed E-state index contributed by atoms with van der Waals surface area (Å²) in [6, 6.07) is 12.9. The standard InChI is InChI=1S/C16H16Cl2N2O/c1-10(11-4-6-14(17)7-5-11)20-9-13-3-2-12(16(19)21)8-15(13)18/h2-8,10,20H,9H2,1H3,(H2,19,21)/t10-/m0/s1. The van der Waals surface area contributed by atoms with Gasteiger partial charge in [-0.05, 0) is 42.3 Å². The monoisotopic (exact) mass is 322 g/mol. The molecule has 110 valence electrons. The van der Waals surface area contributed by atoms with Gasteiger partial charge in [0.1, 0.15) is 0 Å². The van der Waals surface area contributed by atoms with E-state index in [1.54, 1.807) is 12.1 Å². The topological polar surface area (TPSA) is 55.1 Å². The molecule has 0 aliphatic carbocycles. The van der Waals surface area contributed by atoms with E-state index in [1.165, 1.54) is 0 Å². The van der Waals surface area contributed by atoms with E-state index in [0.717, 1.165) is 16.1 Å². The van der Waals surface area contributed by atoms with Crippen LogP contribution in [-0.2, 0) is 6.54 Å². The van der Waals surface area contributed by atoms with Gasteiger partial charge in [-0.15, -0.1) is 0 Å². The zero-order valence-electron chi connectivity index (χ0n) is 11.6. The second-order valence-corrected chi connectivity index (χ2v) is 5.67. The number of benzene rings is 2. The number of hydrogen-bond acceptors (Lipinski definition) is 2. The first kappa shape index (κ1) is 15.8. The summed E-state index contributed by atoms with van der Waals surface area (Å²) >= 11 is 12.0. The fourth-order valence-corrected chi connectivity index (χ4v) is 2.35. The number of carbonyl (C=O) groups excluding carboxylic acids is 1. The molecule has 0 unspecified atom stereocenters. The second kappa shape index (κ2) is 6.94. The molecular weight excluding hydrogens is 307 g/mol. The maximum Gasteiger partial charge on any atom is 0.248 e. The number of rotatable bonds is 5. The lowest BCUT2D eigenvalue weighted by molar-refractivity contribution is 0.100. The van der Waals surface area contributed by atoms with Gasteiger partial charge in [0.25, 0.3) is 0 Å². The Bertz CT molecular complexity index is 641. The van der Waals surface area contributed by atoms with Gasteiger partial charge < -0.3 is 11.1 Å². The van der Waals surface area contributed by atoms with Crippen molar-refractivity contribution in [1.29, 1.82) is 0 Å². The highest BCUT2D eigenvalue weighted by molar-refractivity contribution is 6.31. The van der Waals surface area contributed by atoms with Crippen LogP contribution in [0.1, 0.15) is 34.5 Å². The van der Waals surface area contributed by atoms with Gasteiger partial charge in [0.2, 0.25) is 5.91 Å². The van der Waals surface area contributed by atoms with Crippen molar-refractivity contribution in [2.75, 3.05) is 0 Å². The Kier molecular flexibility index (Phi) is 5.23. The Morgan fingerprint density at radius 3 is 2.43 bits per heavy atom. The summed E-state index contributed by atoms with van der Waals surface area (Å²) in [7, 11) is 0. The first-order chi connectivity index (χ1) is 9.97. The third-order valence-corrected chi connectivity index (χ3v) is 3.91. The lowest BCUT2D eigenvalue weighted by atomic mass is 10.1. The smallest absolute Gasteiger partial charge is 0.248 e. The number of amides is 1. The van der Waals surface area contributed by atoms with Gasteiger partial charge in [0, 0.05) is 28.2 Å². The van der Waals surface area contributed by atoms with E-state index < -0.39 is 5.91 Å². The largest absolute Gasteiger partial charge is 0.366 e. The Balaban J connectivity index is 2.02. The van der Waals surface area contributed by atoms with Crippen molar-refractivity contribution in [1.82, 2.24) is 5.32 Å². The summed E-state index contributed by atoms with van der Waals surface area (Å²) in [6.45, 7) is 2.66. The quantitative estimate of drug-likeness (QED) is 0.875. The predicted octanol–water partition coefficient (Wildman–Crippen LogP) is 3.94. The van der Waals surface area contributed by atoms with Crippen LogP contribution in [0.3, 0.4) is 0 Å². The van der Waals surface area contributed by atoms with Crippen LogP contribution in [0.25, 0.3) is 0 Å². The first-order valence-electron chi connectivity index (χ1n) is 6.54. The molecule has 3 nitrogen and oxygen atoms in total. The minimum absolute atomic E-state index is 0.161. The Hall–Kier alpha value is -1.55. The average molecular weight is 323 g/mol. The fraction of sp³-hybridized carbons (Fsp3) is 0.188. The highest BCUT2D eigenvalue weighted by atomic mass is 35.5. The minimum atomic E-state index is -0.481. The van der Waals surface area contributed by atoms with E-state index in [0.29, 0.717) is 17.1 Å². The number of nitrogens with one attached hydrogen (secondary N) is 1. The van der Waals surface area contributed by atoms with Crippen molar-refractivity contribution >= 4 is 29.1 Å². The number of nitrogens with two attached hydrogens (primary N) is 1. The summed E-state index contributed by atoms with van der Waals surface area (Å²) in [5, 5.41) is 4.63. The van der Waals surface area contributed by atoms with Crippen LogP contribution in [0.15, 0.2) is 42.5 Å². The minimum Gasteiger partial charge on any atom is -0.366 e. The van der Waals surface area contributed by atoms with Crippen molar-refractivity contribution in [3.63, 3.8) is 0 Å². The number of carbonyl (C=O) groups is 1. The van der Waals surface area contributed by atoms with E-state index >= 15 is 0 Å². The summed E-state index contributed by atoms with van der Waals surface area (Å²) in [5.41, 5.74) is 7.69. The molecule has 0 bridgehead atoms. The lowest BCUT2D eigenvalue weighted by Gasteiger charge is -2.15. The zero-order chi connectivity index (χ0) is 15.4. The average Bonchev–Trinajstić information content (AvgIpc) is 2.46. The molecule has 21 heavy (non-hydrogen) atoms. The van der Waals surface area contributed by atoms with Gasteiger partial charge in [0.05, 0.1) is 0 Å². The normalized spacial score (nSPS) is 12.1. The van der Waals surface area contributed by atoms with Crippen molar-refractivity contribution in [2.45, 2.75) is 19.5 Å². The van der Waals surface area contributed by atoms with Crippen LogP contribution < -0.4 is 11.1 Å². The highest BCUT2D eigenvalue weighted by Crippen LogP contribution is 2.20. The predicted molar refractivity (Wildman–Crippen MR) is 86.7 cm³/mol. The van der Waals surface area contributed by atoms with E-state index in [-0.39, 0.29) is 6.04 Å². The highest BCUT2D eigenvalue weighted by Gasteiger charge is 2.08. The molecule has 2 aromatic rings. The zero-order valence-corrected chi connectivity index (χ0v) is 13.1. The SMILES string of the molecule is C[C@H](NCc1ccc(C(N)=O)cc1Cl)c1ccc(Cl)cc1. The fourth-order valence-electron chi connectivity index (χ4n) is 1.98. The molecule has 0 fully saturated rings. The summed E-state index contributed by atoms with van der Waals surface area (Å²) in [4.78, 5) is 11.1. The van der Waals surface area contributed by atoms with Crippen LogP contribution >= 0.6 is 23.2 Å². The molecule has 2 aromatic carbocycles. The number of halogens is 2. The van der Waals surface area contributed by atoms with E-state index in [4.69, 9.17) is 28.9 Å². The summed E-state index contributed by atoms with van der Waals surface area (Å²) in [5.74, 6) is -0.481. The third-order valence-electron chi connectivity index (χ3n) is 3.31. The molecule has 0 spiro atoms. The Labute approximate surface area is 134 Å². The molecule has 1 atom stereocenters. The van der Waals surface area contributed by atoms with Crippen LogP contribution in [0.2, 0.25) is 10.0 Å². The van der Waals surface area contributed by atoms with E-state index in [9.17, 15) is 4.79 Å². The number of primary amides is 1. The molecule has 1 amide bonds. The molecule has 5 heteroatoms. The van der Waals surface area contributed by atoms with Gasteiger partial charge in [-0.2, -0.15) is 0 Å². The van der Waals surface area contributed by atoms with Crippen LogP contribution in [0, 0.1) is 0 Å². The molecule has 0 aliphatic heterocycles. The van der Waals surface area contributed by atoms with E-state index in [1.807, 2.05) is 30.3 Å². The molecular formula is C16H16Cl2N2O. The molecule has 0 saturated heterocycles. The van der Waals surface area contributed by atoms with Gasteiger partial charge in [-0.3, -0.25) is 4.79 Å². The summed E-state index contributed by atoms with van der Waals surface area (Å²) in [6.07, 6.45) is 0. The van der Waals surface area contributed by atoms with Crippen LogP contribution in [-0.4, -0.2) is 5.91 Å². The molecule has 0 saturated carbocycles. The molecule has 0 radical (unpaired) electrons. The van der Waals surface area contributed by atoms with Gasteiger partial charge in [-0.1, -0.05) is 41.4 Å². The second-order valence-electron chi connectivity index (χ2n) is 4.82. The van der Waals surface area contributed by atoms with E-state index in [2.05, 4.69) is 12.2 Å².